The van der Waals surface area contributed by atoms with Crippen LogP contribution >= 0.6 is 23.2 Å². The second-order valence-electron chi connectivity index (χ2n) is 10.1. The van der Waals surface area contributed by atoms with Crippen molar-refractivity contribution in [1.29, 1.82) is 0 Å². The van der Waals surface area contributed by atoms with Crippen LogP contribution in [0.1, 0.15) is 39.7 Å². The van der Waals surface area contributed by atoms with Crippen LogP contribution < -0.4 is 9.62 Å². The summed E-state index contributed by atoms with van der Waals surface area (Å²) in [5.74, 6) is -0.886. The molecule has 0 bridgehead atoms. The minimum absolute atomic E-state index is 0.0134. The molecule has 3 aromatic carbocycles. The fourth-order valence-electron chi connectivity index (χ4n) is 4.05. The maximum Gasteiger partial charge on any atom is 0.264 e. The van der Waals surface area contributed by atoms with E-state index in [0.717, 1.165) is 9.87 Å². The lowest BCUT2D eigenvalue weighted by molar-refractivity contribution is -0.141. The second kappa shape index (κ2) is 12.9. The van der Waals surface area contributed by atoms with Crippen LogP contribution in [0.5, 0.6) is 0 Å². The number of hydrogen-bond donors (Lipinski definition) is 1. The summed E-state index contributed by atoms with van der Waals surface area (Å²) in [6, 6.07) is 20.4. The highest BCUT2D eigenvalue weighted by Crippen LogP contribution is 2.31. The molecule has 39 heavy (non-hydrogen) atoms. The number of carbonyl (C=O) groups is 2. The average molecular weight is 591 g/mol. The molecule has 0 aliphatic carbocycles. The average Bonchev–Trinajstić information content (AvgIpc) is 2.88. The van der Waals surface area contributed by atoms with Crippen molar-refractivity contribution in [3.63, 3.8) is 0 Å². The number of para-hydroxylation sites is 1. The lowest BCUT2D eigenvalue weighted by Gasteiger charge is -2.35. The van der Waals surface area contributed by atoms with Crippen LogP contribution in [-0.2, 0) is 26.2 Å². The molecule has 1 unspecified atom stereocenters. The standard InChI is InChI=1S/C29H33Cl2N3O4S/c1-5-25(28(36)32-29(2,3)4)33(19-21-15-17-22(30)18-16-21)27(35)20-34(26-14-10-9-13-24(26)31)39(37,38)23-11-7-6-8-12-23/h6-18,25H,5,19-20H2,1-4H3,(H,32,36). The topological polar surface area (TPSA) is 86.8 Å². The van der Waals surface area contributed by atoms with Gasteiger partial charge in [-0.3, -0.25) is 13.9 Å². The maximum atomic E-state index is 14.0. The first-order chi connectivity index (χ1) is 18.3. The van der Waals surface area contributed by atoms with Gasteiger partial charge in [0.2, 0.25) is 11.8 Å². The molecule has 0 aromatic heterocycles. The number of amides is 2. The zero-order valence-corrected chi connectivity index (χ0v) is 24.7. The largest absolute Gasteiger partial charge is 0.350 e. The summed E-state index contributed by atoms with van der Waals surface area (Å²) in [4.78, 5) is 28.8. The van der Waals surface area contributed by atoms with Gasteiger partial charge in [0.15, 0.2) is 0 Å². The van der Waals surface area contributed by atoms with Gasteiger partial charge in [-0.15, -0.1) is 0 Å². The minimum atomic E-state index is -4.18. The zero-order valence-electron chi connectivity index (χ0n) is 22.4. The number of nitrogens with zero attached hydrogens (tertiary/aromatic N) is 2. The molecule has 0 heterocycles. The third-order valence-corrected chi connectivity index (χ3v) is 8.23. The van der Waals surface area contributed by atoms with Gasteiger partial charge >= 0.3 is 0 Å². The molecule has 0 saturated heterocycles. The third kappa shape index (κ3) is 7.97. The molecule has 0 fully saturated rings. The van der Waals surface area contributed by atoms with Crippen molar-refractivity contribution in [2.45, 2.75) is 57.1 Å². The monoisotopic (exact) mass is 589 g/mol. The van der Waals surface area contributed by atoms with Crippen molar-refractivity contribution in [3.05, 3.63) is 94.5 Å². The molecule has 0 saturated carbocycles. The molecule has 0 aliphatic heterocycles. The van der Waals surface area contributed by atoms with E-state index in [0.29, 0.717) is 11.4 Å². The fraction of sp³-hybridized carbons (Fsp3) is 0.310. The van der Waals surface area contributed by atoms with Gasteiger partial charge in [0.1, 0.15) is 12.6 Å². The predicted octanol–water partition coefficient (Wildman–Crippen LogP) is 5.91. The van der Waals surface area contributed by atoms with Crippen LogP contribution in [0.3, 0.4) is 0 Å². The van der Waals surface area contributed by atoms with Gasteiger partial charge in [-0.25, -0.2) is 8.42 Å². The number of anilines is 1. The Hall–Kier alpha value is -3.07. The molecule has 3 rings (SSSR count). The number of nitrogens with one attached hydrogen (secondary N) is 1. The van der Waals surface area contributed by atoms with Crippen LogP contribution in [0.2, 0.25) is 10.0 Å². The Morgan fingerprint density at radius 2 is 1.49 bits per heavy atom. The van der Waals surface area contributed by atoms with E-state index in [9.17, 15) is 18.0 Å². The number of sulfonamides is 1. The molecule has 0 radical (unpaired) electrons. The van der Waals surface area contributed by atoms with E-state index in [-0.39, 0.29) is 28.1 Å². The molecular formula is C29H33Cl2N3O4S. The van der Waals surface area contributed by atoms with E-state index in [1.54, 1.807) is 66.7 Å². The lowest BCUT2D eigenvalue weighted by Crippen LogP contribution is -2.55. The third-order valence-electron chi connectivity index (χ3n) is 5.88. The van der Waals surface area contributed by atoms with Crippen LogP contribution in [0, 0.1) is 0 Å². The Labute approximate surface area is 240 Å². The number of carbonyl (C=O) groups excluding carboxylic acids is 2. The molecule has 0 aliphatic rings. The first-order valence-corrected chi connectivity index (χ1v) is 14.7. The summed E-state index contributed by atoms with van der Waals surface area (Å²) in [5, 5.41) is 3.65. The molecule has 10 heteroatoms. The van der Waals surface area contributed by atoms with Crippen LogP contribution in [-0.4, -0.2) is 43.3 Å². The van der Waals surface area contributed by atoms with E-state index in [4.69, 9.17) is 23.2 Å². The molecule has 3 aromatic rings. The number of benzene rings is 3. The molecule has 0 spiro atoms. The second-order valence-corrected chi connectivity index (χ2v) is 12.8. The summed E-state index contributed by atoms with van der Waals surface area (Å²) in [6.45, 7) is 6.89. The van der Waals surface area contributed by atoms with E-state index in [2.05, 4.69) is 5.32 Å². The normalized spacial score (nSPS) is 12.5. The van der Waals surface area contributed by atoms with Crippen molar-refractivity contribution in [3.8, 4) is 0 Å². The van der Waals surface area contributed by atoms with E-state index >= 15 is 0 Å². The smallest absolute Gasteiger partial charge is 0.264 e. The van der Waals surface area contributed by atoms with Crippen molar-refractivity contribution in [2.24, 2.45) is 0 Å². The highest BCUT2D eigenvalue weighted by atomic mass is 35.5. The number of halogens is 2. The number of rotatable bonds is 10. The van der Waals surface area contributed by atoms with Crippen molar-refractivity contribution < 1.29 is 18.0 Å². The lowest BCUT2D eigenvalue weighted by atomic mass is 10.1. The zero-order chi connectivity index (χ0) is 28.8. The first kappa shape index (κ1) is 30.5. The van der Waals surface area contributed by atoms with Gasteiger partial charge in [-0.1, -0.05) is 72.6 Å². The van der Waals surface area contributed by atoms with Crippen LogP contribution in [0.15, 0.2) is 83.8 Å². The Morgan fingerprint density at radius 3 is 2.05 bits per heavy atom. The molecular weight excluding hydrogens is 557 g/mol. The summed E-state index contributed by atoms with van der Waals surface area (Å²) in [6.07, 6.45) is 0.318. The Morgan fingerprint density at radius 1 is 0.897 bits per heavy atom. The Bertz CT molecular complexity index is 1390. The van der Waals surface area contributed by atoms with Crippen LogP contribution in [0.4, 0.5) is 5.69 Å². The van der Waals surface area contributed by atoms with Crippen molar-refractivity contribution in [2.75, 3.05) is 10.8 Å². The molecule has 1 N–H and O–H groups in total. The Kier molecular flexibility index (Phi) is 10.0. The SMILES string of the molecule is CCC(C(=O)NC(C)(C)C)N(Cc1ccc(Cl)cc1)C(=O)CN(c1ccccc1Cl)S(=O)(=O)c1ccccc1. The fourth-order valence-corrected chi connectivity index (χ4v) is 5.91. The maximum absolute atomic E-state index is 14.0. The summed E-state index contributed by atoms with van der Waals surface area (Å²) >= 11 is 12.5. The summed E-state index contributed by atoms with van der Waals surface area (Å²) in [5.41, 5.74) is 0.375. The molecule has 2 amide bonds. The molecule has 208 valence electrons. The number of hydrogen-bond acceptors (Lipinski definition) is 4. The van der Waals surface area contributed by atoms with Crippen molar-refractivity contribution >= 4 is 50.7 Å². The van der Waals surface area contributed by atoms with Crippen LogP contribution in [0.25, 0.3) is 0 Å². The summed E-state index contributed by atoms with van der Waals surface area (Å²) in [7, 11) is -4.18. The van der Waals surface area contributed by atoms with Gasteiger partial charge in [0.05, 0.1) is 15.6 Å². The van der Waals surface area contributed by atoms with Gasteiger partial charge < -0.3 is 10.2 Å². The Balaban J connectivity index is 2.07. The molecule has 7 nitrogen and oxygen atoms in total. The van der Waals surface area contributed by atoms with Crippen molar-refractivity contribution in [1.82, 2.24) is 10.2 Å². The van der Waals surface area contributed by atoms with Gasteiger partial charge in [-0.05, 0) is 69.2 Å². The minimum Gasteiger partial charge on any atom is -0.350 e. The first-order valence-electron chi connectivity index (χ1n) is 12.5. The predicted molar refractivity (Wildman–Crippen MR) is 156 cm³/mol. The quantitative estimate of drug-likeness (QED) is 0.318. The summed E-state index contributed by atoms with van der Waals surface area (Å²) < 4.78 is 28.6. The van der Waals surface area contributed by atoms with Gasteiger partial charge in [0.25, 0.3) is 10.0 Å². The van der Waals surface area contributed by atoms with E-state index in [1.165, 1.54) is 17.0 Å². The van der Waals surface area contributed by atoms with Gasteiger partial charge in [0, 0.05) is 17.1 Å². The molecule has 1 atom stereocenters. The highest BCUT2D eigenvalue weighted by Gasteiger charge is 2.35. The van der Waals surface area contributed by atoms with E-state index < -0.39 is 34.1 Å². The van der Waals surface area contributed by atoms with Gasteiger partial charge in [-0.2, -0.15) is 0 Å². The van der Waals surface area contributed by atoms with E-state index in [1.807, 2.05) is 27.7 Å². The highest BCUT2D eigenvalue weighted by molar-refractivity contribution is 7.92.